The first-order valence-corrected chi connectivity index (χ1v) is 13.8. The van der Waals surface area contributed by atoms with Crippen LogP contribution in [-0.2, 0) is 11.8 Å². The second kappa shape index (κ2) is 11.5. The van der Waals surface area contributed by atoms with Crippen molar-refractivity contribution in [2.45, 2.75) is 18.9 Å². The van der Waals surface area contributed by atoms with Gasteiger partial charge in [-0.25, -0.2) is 14.5 Å². The maximum absolute atomic E-state index is 13.6. The van der Waals surface area contributed by atoms with Gasteiger partial charge in [0.1, 0.15) is 5.82 Å². The van der Waals surface area contributed by atoms with Gasteiger partial charge in [0.15, 0.2) is 5.65 Å². The largest absolute Gasteiger partial charge is 0.383 e. The minimum absolute atomic E-state index is 0.0562. The maximum Gasteiger partial charge on any atom is 0.320 e. The van der Waals surface area contributed by atoms with E-state index in [1.54, 1.807) is 28.9 Å². The number of aryl methyl sites for hydroxylation is 1. The van der Waals surface area contributed by atoms with Crippen molar-refractivity contribution in [3.05, 3.63) is 90.3 Å². The quantitative estimate of drug-likeness (QED) is 0.298. The Labute approximate surface area is 238 Å². The first-order valence-electron chi connectivity index (χ1n) is 13.8. The summed E-state index contributed by atoms with van der Waals surface area (Å²) in [5.41, 5.74) is 5.31. The number of rotatable bonds is 8. The van der Waals surface area contributed by atoms with Crippen LogP contribution in [0.5, 0.6) is 0 Å². The Bertz CT molecular complexity index is 1650. The van der Waals surface area contributed by atoms with E-state index in [9.17, 15) is 4.79 Å². The van der Waals surface area contributed by atoms with E-state index >= 15 is 0 Å². The van der Waals surface area contributed by atoms with Crippen molar-refractivity contribution in [3.63, 3.8) is 0 Å². The van der Waals surface area contributed by atoms with Gasteiger partial charge in [0, 0.05) is 62.4 Å². The predicted octanol–water partition coefficient (Wildman–Crippen LogP) is 4.37. The van der Waals surface area contributed by atoms with E-state index in [1.807, 2.05) is 68.6 Å². The van der Waals surface area contributed by atoms with Crippen LogP contribution in [0.1, 0.15) is 17.0 Å². The molecule has 2 aromatic carbocycles. The summed E-state index contributed by atoms with van der Waals surface area (Å²) in [6.45, 7) is 5.04. The molecule has 0 unspecified atom stereocenters. The number of fused-ring (bicyclic) bond motifs is 1. The number of benzene rings is 2. The van der Waals surface area contributed by atoms with Crippen molar-refractivity contribution < 1.29 is 9.53 Å². The van der Waals surface area contributed by atoms with Crippen LogP contribution in [0.3, 0.4) is 0 Å². The third kappa shape index (κ3) is 5.44. The van der Waals surface area contributed by atoms with Gasteiger partial charge in [-0.3, -0.25) is 14.9 Å². The first-order chi connectivity index (χ1) is 20.0. The Morgan fingerprint density at radius 2 is 1.80 bits per heavy atom. The van der Waals surface area contributed by atoms with Gasteiger partial charge in [0.2, 0.25) is 0 Å². The van der Waals surface area contributed by atoms with Gasteiger partial charge >= 0.3 is 6.03 Å². The highest BCUT2D eigenvalue weighted by Gasteiger charge is 2.35. The van der Waals surface area contributed by atoms with E-state index in [2.05, 4.69) is 37.7 Å². The van der Waals surface area contributed by atoms with Crippen molar-refractivity contribution in [1.82, 2.24) is 34.8 Å². The van der Waals surface area contributed by atoms with Crippen molar-refractivity contribution in [2.24, 2.45) is 7.05 Å². The van der Waals surface area contributed by atoms with Crippen molar-refractivity contribution in [3.8, 4) is 16.9 Å². The smallest absolute Gasteiger partial charge is 0.320 e. The number of hydrogen-bond acceptors (Lipinski definition) is 6. The Balaban J connectivity index is 1.30. The summed E-state index contributed by atoms with van der Waals surface area (Å²) in [5.74, 6) is 0.785. The zero-order valence-electron chi connectivity index (χ0n) is 23.5. The van der Waals surface area contributed by atoms with Crippen LogP contribution in [0, 0.1) is 6.92 Å². The second-order valence-corrected chi connectivity index (χ2v) is 10.4. The normalized spacial score (nSPS) is 17.2. The molecule has 6 rings (SSSR count). The molecule has 0 bridgehead atoms. The number of likely N-dealkylation sites (tertiary alicyclic amines) is 1. The number of carbonyl (C=O) groups is 1. The maximum atomic E-state index is 13.6. The molecule has 10 nitrogen and oxygen atoms in total. The minimum atomic E-state index is -0.267. The molecule has 3 aromatic heterocycles. The number of methoxy groups -OCH3 is 1. The predicted molar refractivity (Wildman–Crippen MR) is 159 cm³/mol. The molecule has 1 fully saturated rings. The third-order valence-corrected chi connectivity index (χ3v) is 7.75. The summed E-state index contributed by atoms with van der Waals surface area (Å²) in [4.78, 5) is 20.5. The summed E-state index contributed by atoms with van der Waals surface area (Å²) >= 11 is 0. The average Bonchev–Trinajstić information content (AvgIpc) is 3.68. The summed E-state index contributed by atoms with van der Waals surface area (Å²) in [7, 11) is 3.58. The number of anilines is 1. The van der Waals surface area contributed by atoms with E-state index in [-0.39, 0.29) is 18.0 Å². The number of para-hydroxylation sites is 1. The van der Waals surface area contributed by atoms with Crippen LogP contribution < -0.4 is 10.6 Å². The number of carbonyl (C=O) groups excluding carboxylic acids is 1. The lowest BCUT2D eigenvalue weighted by molar-refractivity contribution is 0.159. The summed E-state index contributed by atoms with van der Waals surface area (Å²) < 4.78 is 8.84. The molecule has 2 N–H and O–H groups in total. The van der Waals surface area contributed by atoms with Gasteiger partial charge in [0.05, 0.1) is 30.2 Å². The Hall–Kier alpha value is -4.54. The van der Waals surface area contributed by atoms with E-state index in [0.717, 1.165) is 53.2 Å². The number of ether oxygens (including phenoxy) is 1. The molecule has 0 spiro atoms. The van der Waals surface area contributed by atoms with Crippen molar-refractivity contribution in [2.75, 3.05) is 38.7 Å². The fraction of sp³-hybridized carbons (Fsp3) is 0.290. The number of amides is 2. The van der Waals surface area contributed by atoms with Gasteiger partial charge in [-0.05, 0) is 30.7 Å². The van der Waals surface area contributed by atoms with Crippen LogP contribution in [-0.4, -0.2) is 74.9 Å². The zero-order valence-corrected chi connectivity index (χ0v) is 23.5. The number of hydrogen-bond donors (Lipinski definition) is 2. The Morgan fingerprint density at radius 1 is 1.05 bits per heavy atom. The lowest BCUT2D eigenvalue weighted by Gasteiger charge is -2.21. The number of nitrogens with zero attached hydrogens (tertiary/aromatic N) is 6. The highest BCUT2D eigenvalue weighted by atomic mass is 16.5. The summed E-state index contributed by atoms with van der Waals surface area (Å²) in [6, 6.07) is 21.9. The van der Waals surface area contributed by atoms with E-state index in [1.165, 1.54) is 5.56 Å². The Morgan fingerprint density at radius 3 is 2.56 bits per heavy atom. The highest BCUT2D eigenvalue weighted by Crippen LogP contribution is 2.32. The van der Waals surface area contributed by atoms with Crippen LogP contribution >= 0.6 is 0 Å². The molecule has 210 valence electrons. The Kier molecular flexibility index (Phi) is 7.49. The fourth-order valence-corrected chi connectivity index (χ4v) is 5.63. The number of aromatic nitrogens is 5. The molecule has 10 heteroatoms. The van der Waals surface area contributed by atoms with Crippen LogP contribution in [0.25, 0.3) is 28.0 Å². The van der Waals surface area contributed by atoms with E-state index < -0.39 is 0 Å². The molecule has 4 heterocycles. The third-order valence-electron chi connectivity index (χ3n) is 7.75. The minimum Gasteiger partial charge on any atom is -0.383 e. The van der Waals surface area contributed by atoms with E-state index in [4.69, 9.17) is 9.84 Å². The van der Waals surface area contributed by atoms with Gasteiger partial charge in [-0.2, -0.15) is 10.2 Å². The van der Waals surface area contributed by atoms with E-state index in [0.29, 0.717) is 12.4 Å². The standard InChI is InChI=1S/C31H34N8O2/c1-21-28(23-16-24-18-33-37(2)30(24)32-17-23)36-39(25-12-8-5-9-13-25)29(21)35-31(40)34-27-20-38(14-15-41-3)19-26(27)22-10-6-4-7-11-22/h4-13,16-18,26-27H,14-15,19-20H2,1-3H3,(H2,34,35,40)/t26-,27+/m0/s1. The molecule has 1 aliphatic heterocycles. The molecular formula is C31H34N8O2. The highest BCUT2D eigenvalue weighted by molar-refractivity contribution is 5.91. The zero-order chi connectivity index (χ0) is 28.3. The molecule has 0 radical (unpaired) electrons. The SMILES string of the molecule is COCCN1C[C@@H](NC(=O)Nc2c(C)c(-c3cnc4c(cnn4C)c3)nn2-c2ccccc2)[C@H](c2ccccc2)C1. The topological polar surface area (TPSA) is 102 Å². The molecule has 5 aromatic rings. The number of pyridine rings is 1. The number of nitrogens with one attached hydrogen (secondary N) is 2. The van der Waals surface area contributed by atoms with Gasteiger partial charge < -0.3 is 10.1 Å². The summed E-state index contributed by atoms with van der Waals surface area (Å²) in [5, 5.41) is 16.6. The van der Waals surface area contributed by atoms with Crippen LogP contribution in [0.4, 0.5) is 10.6 Å². The van der Waals surface area contributed by atoms with Crippen molar-refractivity contribution in [1.29, 1.82) is 0 Å². The molecule has 41 heavy (non-hydrogen) atoms. The number of urea groups is 1. The lowest BCUT2D eigenvalue weighted by atomic mass is 9.94. The lowest BCUT2D eigenvalue weighted by Crippen LogP contribution is -2.42. The van der Waals surface area contributed by atoms with Gasteiger partial charge in [-0.15, -0.1) is 0 Å². The van der Waals surface area contributed by atoms with Gasteiger partial charge in [-0.1, -0.05) is 48.5 Å². The van der Waals surface area contributed by atoms with Crippen LogP contribution in [0.2, 0.25) is 0 Å². The van der Waals surface area contributed by atoms with Crippen LogP contribution in [0.15, 0.2) is 79.1 Å². The van der Waals surface area contributed by atoms with Crippen molar-refractivity contribution >= 4 is 22.9 Å². The molecule has 1 aliphatic rings. The molecule has 2 amide bonds. The first kappa shape index (κ1) is 26.7. The second-order valence-electron chi connectivity index (χ2n) is 10.4. The molecule has 0 aliphatic carbocycles. The summed E-state index contributed by atoms with van der Waals surface area (Å²) in [6.07, 6.45) is 3.60. The molecule has 1 saturated heterocycles. The fourth-order valence-electron chi connectivity index (χ4n) is 5.63. The average molecular weight is 551 g/mol. The molecule has 0 saturated carbocycles. The molecule has 2 atom stereocenters. The molecular weight excluding hydrogens is 516 g/mol. The monoisotopic (exact) mass is 550 g/mol. The van der Waals surface area contributed by atoms with Gasteiger partial charge in [0.25, 0.3) is 0 Å².